The molecule has 0 aliphatic carbocycles. The van der Waals surface area contributed by atoms with Crippen LogP contribution in [0, 0.1) is 3.57 Å². The van der Waals surface area contributed by atoms with Crippen LogP contribution in [0.15, 0.2) is 18.2 Å². The van der Waals surface area contributed by atoms with Gasteiger partial charge in [0.15, 0.2) is 5.78 Å². The Kier molecular flexibility index (Phi) is 4.07. The summed E-state index contributed by atoms with van der Waals surface area (Å²) in [7, 11) is 0. The number of benzene rings is 1. The summed E-state index contributed by atoms with van der Waals surface area (Å²) in [5, 5.41) is -0.536. The molecule has 0 saturated heterocycles. The third-order valence-corrected chi connectivity index (χ3v) is 2.85. The summed E-state index contributed by atoms with van der Waals surface area (Å²) >= 11 is 7.71. The van der Waals surface area contributed by atoms with Crippen molar-refractivity contribution in [3.8, 4) is 0 Å². The molecule has 0 spiro atoms. The Morgan fingerprint density at radius 3 is 2.64 bits per heavy atom. The maximum atomic E-state index is 11.5. The van der Waals surface area contributed by atoms with Crippen molar-refractivity contribution in [2.24, 2.45) is 0 Å². The molecule has 0 aromatic heterocycles. The predicted octanol–water partition coefficient (Wildman–Crippen LogP) is 2.91. The predicted molar refractivity (Wildman–Crippen MR) is 64.2 cm³/mol. The molecule has 1 aromatic rings. The van der Waals surface area contributed by atoms with Crippen molar-refractivity contribution in [1.82, 2.24) is 0 Å². The van der Waals surface area contributed by atoms with Gasteiger partial charge in [-0.2, -0.15) is 0 Å². The number of hydrogen-bond donors (Lipinski definition) is 0. The molecular formula is C10H8ClIO2. The minimum atomic E-state index is -0.536. The lowest BCUT2D eigenvalue weighted by Crippen LogP contribution is -2.12. The molecule has 2 nitrogen and oxygen atoms in total. The highest BCUT2D eigenvalue weighted by Gasteiger charge is 2.15. The molecule has 1 unspecified atom stereocenters. The highest BCUT2D eigenvalue weighted by molar-refractivity contribution is 14.1. The van der Waals surface area contributed by atoms with Gasteiger partial charge in [-0.3, -0.25) is 9.59 Å². The second-order valence-electron chi connectivity index (χ2n) is 2.84. The summed E-state index contributed by atoms with van der Waals surface area (Å²) in [4.78, 5) is 22.0. The van der Waals surface area contributed by atoms with Gasteiger partial charge in [0.2, 0.25) is 0 Å². The van der Waals surface area contributed by atoms with E-state index in [1.165, 1.54) is 0 Å². The van der Waals surface area contributed by atoms with Crippen LogP contribution in [-0.2, 0) is 0 Å². The zero-order chi connectivity index (χ0) is 10.7. The minimum absolute atomic E-state index is 0.117. The molecule has 1 rings (SSSR count). The van der Waals surface area contributed by atoms with Gasteiger partial charge in [-0.15, -0.1) is 11.6 Å². The summed E-state index contributed by atoms with van der Waals surface area (Å²) < 4.78 is 0.754. The van der Waals surface area contributed by atoms with E-state index in [0.29, 0.717) is 11.1 Å². The van der Waals surface area contributed by atoms with Gasteiger partial charge < -0.3 is 0 Å². The second-order valence-corrected chi connectivity index (χ2v) is 4.65. The number of hydrogen-bond acceptors (Lipinski definition) is 2. The molecule has 0 aliphatic rings. The Bertz CT molecular complexity index is 374. The Morgan fingerprint density at radius 1 is 1.57 bits per heavy atom. The fourth-order valence-corrected chi connectivity index (χ4v) is 1.94. The normalized spacial score (nSPS) is 12.2. The monoisotopic (exact) mass is 322 g/mol. The van der Waals surface area contributed by atoms with Crippen molar-refractivity contribution >= 4 is 46.3 Å². The van der Waals surface area contributed by atoms with Crippen molar-refractivity contribution in [2.45, 2.75) is 12.3 Å². The van der Waals surface area contributed by atoms with Crippen molar-refractivity contribution in [3.63, 3.8) is 0 Å². The molecule has 0 radical (unpaired) electrons. The van der Waals surface area contributed by atoms with Crippen LogP contribution in [0.2, 0.25) is 0 Å². The molecule has 4 heteroatoms. The number of carbonyl (C=O) groups excluding carboxylic acids is 2. The Hall–Kier alpha value is -0.420. The SMILES string of the molecule is CC(Cl)C(=O)c1ccc(C=O)cc1I. The van der Waals surface area contributed by atoms with Crippen molar-refractivity contribution in [3.05, 3.63) is 32.9 Å². The molecule has 0 N–H and O–H groups in total. The van der Waals surface area contributed by atoms with Crippen LogP contribution in [0.4, 0.5) is 0 Å². The third-order valence-electron chi connectivity index (χ3n) is 1.76. The number of ketones is 1. The first-order valence-electron chi connectivity index (χ1n) is 3.99. The maximum absolute atomic E-state index is 11.5. The molecule has 0 bridgehead atoms. The first-order valence-corrected chi connectivity index (χ1v) is 5.50. The van der Waals surface area contributed by atoms with Gasteiger partial charge in [0.05, 0.1) is 5.38 Å². The lowest BCUT2D eigenvalue weighted by Gasteiger charge is -2.05. The summed E-state index contributed by atoms with van der Waals surface area (Å²) in [6, 6.07) is 4.91. The molecular weight excluding hydrogens is 314 g/mol. The molecule has 1 aromatic carbocycles. The van der Waals surface area contributed by atoms with Gasteiger partial charge in [-0.1, -0.05) is 6.07 Å². The van der Waals surface area contributed by atoms with E-state index in [0.717, 1.165) is 9.86 Å². The molecule has 74 valence electrons. The number of Topliss-reactive ketones (excluding diaryl/α,β-unsaturated/α-hetero) is 1. The van der Waals surface area contributed by atoms with E-state index in [1.54, 1.807) is 25.1 Å². The quantitative estimate of drug-likeness (QED) is 0.371. The van der Waals surface area contributed by atoms with E-state index in [9.17, 15) is 9.59 Å². The number of aldehydes is 1. The summed E-state index contributed by atoms with van der Waals surface area (Å²) in [6.07, 6.45) is 0.751. The topological polar surface area (TPSA) is 34.1 Å². The first-order chi connectivity index (χ1) is 6.56. The summed E-state index contributed by atoms with van der Waals surface area (Å²) in [5.41, 5.74) is 1.13. The van der Waals surface area contributed by atoms with E-state index < -0.39 is 5.38 Å². The number of halogens is 2. The van der Waals surface area contributed by atoms with Crippen molar-refractivity contribution in [1.29, 1.82) is 0 Å². The van der Waals surface area contributed by atoms with E-state index in [4.69, 9.17) is 11.6 Å². The molecule has 14 heavy (non-hydrogen) atoms. The lowest BCUT2D eigenvalue weighted by atomic mass is 10.1. The van der Waals surface area contributed by atoms with Gasteiger partial charge in [0, 0.05) is 14.7 Å². The largest absolute Gasteiger partial charge is 0.298 e. The number of carbonyl (C=O) groups is 2. The zero-order valence-corrected chi connectivity index (χ0v) is 10.4. The first kappa shape index (κ1) is 11.7. The maximum Gasteiger partial charge on any atom is 0.181 e. The Balaban J connectivity index is 3.12. The average Bonchev–Trinajstić information content (AvgIpc) is 2.16. The molecule has 0 amide bonds. The van der Waals surface area contributed by atoms with Gasteiger partial charge in [0.1, 0.15) is 6.29 Å². The Labute approximate surface area is 101 Å². The Morgan fingerprint density at radius 2 is 2.21 bits per heavy atom. The summed E-state index contributed by atoms with van der Waals surface area (Å²) in [5.74, 6) is -0.117. The number of alkyl halides is 1. The number of rotatable bonds is 3. The summed E-state index contributed by atoms with van der Waals surface area (Å²) in [6.45, 7) is 1.63. The van der Waals surface area contributed by atoms with Gasteiger partial charge in [-0.05, 0) is 41.6 Å². The van der Waals surface area contributed by atoms with Crippen LogP contribution in [0.1, 0.15) is 27.6 Å². The molecule has 0 saturated carbocycles. The highest BCUT2D eigenvalue weighted by atomic mass is 127. The zero-order valence-electron chi connectivity index (χ0n) is 7.46. The average molecular weight is 323 g/mol. The molecule has 0 heterocycles. The van der Waals surface area contributed by atoms with Crippen molar-refractivity contribution in [2.75, 3.05) is 0 Å². The van der Waals surface area contributed by atoms with E-state index in [2.05, 4.69) is 0 Å². The van der Waals surface area contributed by atoms with Gasteiger partial charge in [0.25, 0.3) is 0 Å². The van der Waals surface area contributed by atoms with Gasteiger partial charge in [-0.25, -0.2) is 0 Å². The fourth-order valence-electron chi connectivity index (χ4n) is 1.02. The highest BCUT2D eigenvalue weighted by Crippen LogP contribution is 2.17. The van der Waals surface area contributed by atoms with Crippen LogP contribution in [0.5, 0.6) is 0 Å². The third kappa shape index (κ3) is 2.54. The molecule has 0 fully saturated rings. The molecule has 1 atom stereocenters. The van der Waals surface area contributed by atoms with E-state index in [1.807, 2.05) is 22.6 Å². The van der Waals surface area contributed by atoms with Crippen LogP contribution < -0.4 is 0 Å². The van der Waals surface area contributed by atoms with Crippen LogP contribution in [-0.4, -0.2) is 17.4 Å². The van der Waals surface area contributed by atoms with E-state index >= 15 is 0 Å². The molecule has 0 aliphatic heterocycles. The van der Waals surface area contributed by atoms with Crippen molar-refractivity contribution < 1.29 is 9.59 Å². The van der Waals surface area contributed by atoms with Gasteiger partial charge >= 0.3 is 0 Å². The standard InChI is InChI=1S/C10H8ClIO2/c1-6(11)10(14)8-3-2-7(5-13)4-9(8)12/h2-6H,1H3. The van der Waals surface area contributed by atoms with E-state index in [-0.39, 0.29) is 5.78 Å². The smallest absolute Gasteiger partial charge is 0.181 e. The minimum Gasteiger partial charge on any atom is -0.298 e. The van der Waals surface area contributed by atoms with Crippen LogP contribution in [0.3, 0.4) is 0 Å². The fraction of sp³-hybridized carbons (Fsp3) is 0.200. The second kappa shape index (κ2) is 4.89. The lowest BCUT2D eigenvalue weighted by molar-refractivity contribution is 0.0990. The van der Waals surface area contributed by atoms with Crippen LogP contribution in [0.25, 0.3) is 0 Å². The van der Waals surface area contributed by atoms with Crippen LogP contribution >= 0.6 is 34.2 Å².